The molecule has 0 aliphatic heterocycles. The molecule has 8 nitrogen and oxygen atoms in total. The molecule has 1 aliphatic carbocycles. The quantitative estimate of drug-likeness (QED) is 0.0795. The Morgan fingerprint density at radius 3 is 1.55 bits per heavy atom. The van der Waals surface area contributed by atoms with Gasteiger partial charge in [0, 0.05) is 22.3 Å². The molecule has 6 aromatic rings. The first-order valence-electron chi connectivity index (χ1n) is 18.0. The predicted molar refractivity (Wildman–Crippen MR) is 225 cm³/mol. The van der Waals surface area contributed by atoms with Gasteiger partial charge in [-0.3, -0.25) is 9.59 Å². The Bertz CT molecular complexity index is 2180. The molecule has 0 saturated carbocycles. The minimum atomic E-state index is -0.192. The largest absolute Gasteiger partial charge is 0.497 e. The number of alkyl halides is 1. The van der Waals surface area contributed by atoms with Gasteiger partial charge < -0.3 is 24.4 Å². The third-order valence-electron chi connectivity index (χ3n) is 8.51. The van der Waals surface area contributed by atoms with E-state index in [-0.39, 0.29) is 11.7 Å². The molecule has 9 heteroatoms. The van der Waals surface area contributed by atoms with Crippen LogP contribution in [0.4, 0.5) is 0 Å². The number of halogens is 1. The average molecular weight is 769 g/mol. The molecule has 1 aliphatic rings. The van der Waals surface area contributed by atoms with Crippen LogP contribution in [0.1, 0.15) is 58.2 Å². The van der Waals surface area contributed by atoms with E-state index in [9.17, 15) is 9.59 Å². The summed E-state index contributed by atoms with van der Waals surface area (Å²) in [5, 5.41) is 4.82. The Hall–Kier alpha value is -6.38. The van der Waals surface area contributed by atoms with Crippen molar-refractivity contribution in [3.8, 4) is 45.3 Å². The maximum absolute atomic E-state index is 10.4. The Balaban J connectivity index is 0.000000205. The van der Waals surface area contributed by atoms with Gasteiger partial charge in [-0.1, -0.05) is 78.3 Å². The standard InChI is InChI=1S/C28H24N2O2.C11H14O2.C8H7ClO2/c1-31-21-13-11-19(12-14-21)23-16-15-22(32-2)17-20(23)18-29-30-28-26-9-5-3-7-24(26)25-8-4-6-10-27(25)28;1-11(2,3)13-10-6-4-9(8-12)5-7-10;9-6-11-8-3-1-7(5-10)2-4-8/h3-17,29H,18H2,1-2H3;4-8H,1-3H3;1-5H,6H2. The number of nitrogens with zero attached hydrogens (tertiary/aromatic N) is 1. The summed E-state index contributed by atoms with van der Waals surface area (Å²) < 4.78 is 21.3. The molecule has 1 N–H and O–H groups in total. The number of fused-ring (bicyclic) bond motifs is 3. The third kappa shape index (κ3) is 11.1. The van der Waals surface area contributed by atoms with Gasteiger partial charge in [-0.25, -0.2) is 0 Å². The molecule has 0 aromatic heterocycles. The molecule has 7 rings (SSSR count). The second-order valence-corrected chi connectivity index (χ2v) is 13.7. The number of hydrogen-bond donors (Lipinski definition) is 1. The van der Waals surface area contributed by atoms with Crippen molar-refractivity contribution in [3.63, 3.8) is 0 Å². The van der Waals surface area contributed by atoms with Crippen molar-refractivity contribution in [2.24, 2.45) is 5.10 Å². The van der Waals surface area contributed by atoms with Crippen LogP contribution in [0.5, 0.6) is 23.0 Å². The lowest BCUT2D eigenvalue weighted by atomic mass is 9.99. The Morgan fingerprint density at radius 2 is 1.07 bits per heavy atom. The first-order valence-corrected chi connectivity index (χ1v) is 18.5. The first-order chi connectivity index (χ1) is 27.2. The number of ether oxygens (including phenoxy) is 4. The second kappa shape index (κ2) is 19.8. The number of methoxy groups -OCH3 is 2. The highest BCUT2D eigenvalue weighted by Crippen LogP contribution is 2.36. The number of carbonyl (C=O) groups excluding carboxylic acids is 2. The topological polar surface area (TPSA) is 95.5 Å². The van der Waals surface area contributed by atoms with Crippen molar-refractivity contribution in [1.29, 1.82) is 0 Å². The van der Waals surface area contributed by atoms with E-state index in [1.54, 1.807) is 62.8 Å². The van der Waals surface area contributed by atoms with Crippen molar-refractivity contribution in [2.45, 2.75) is 32.9 Å². The molecular formula is C47H45ClN2O6. The highest BCUT2D eigenvalue weighted by atomic mass is 35.5. The van der Waals surface area contributed by atoms with Crippen molar-refractivity contribution in [3.05, 3.63) is 167 Å². The Labute approximate surface area is 333 Å². The summed E-state index contributed by atoms with van der Waals surface area (Å²) >= 11 is 5.32. The predicted octanol–water partition coefficient (Wildman–Crippen LogP) is 10.6. The van der Waals surface area contributed by atoms with E-state index < -0.39 is 0 Å². The lowest BCUT2D eigenvalue weighted by Crippen LogP contribution is -2.22. The lowest BCUT2D eigenvalue weighted by molar-refractivity contribution is 0.111. The molecule has 0 fully saturated rings. The van der Waals surface area contributed by atoms with Crippen LogP contribution >= 0.6 is 11.6 Å². The zero-order chi connectivity index (χ0) is 39.9. The van der Waals surface area contributed by atoms with Crippen LogP contribution in [0.3, 0.4) is 0 Å². The van der Waals surface area contributed by atoms with Gasteiger partial charge in [0.05, 0.1) is 26.5 Å². The van der Waals surface area contributed by atoms with Gasteiger partial charge in [-0.15, -0.1) is 0 Å². The van der Waals surface area contributed by atoms with Crippen molar-refractivity contribution >= 4 is 29.9 Å². The van der Waals surface area contributed by atoms with Crippen molar-refractivity contribution in [2.75, 3.05) is 20.3 Å². The smallest absolute Gasteiger partial charge is 0.162 e. The van der Waals surface area contributed by atoms with Gasteiger partial charge in [0.2, 0.25) is 0 Å². The van der Waals surface area contributed by atoms with Crippen molar-refractivity contribution < 1.29 is 28.5 Å². The number of hydrogen-bond acceptors (Lipinski definition) is 8. The number of aldehydes is 2. The number of benzene rings is 6. The van der Waals surface area contributed by atoms with Crippen LogP contribution < -0.4 is 24.4 Å². The summed E-state index contributed by atoms with van der Waals surface area (Å²) in [4.78, 5) is 20.6. The minimum Gasteiger partial charge on any atom is -0.497 e. The highest BCUT2D eigenvalue weighted by molar-refractivity contribution is 6.24. The maximum Gasteiger partial charge on any atom is 0.162 e. The second-order valence-electron chi connectivity index (χ2n) is 13.5. The fourth-order valence-electron chi connectivity index (χ4n) is 5.89. The number of nitrogens with one attached hydrogen (secondary N) is 1. The molecule has 0 radical (unpaired) electrons. The van der Waals surface area contributed by atoms with Crippen LogP contribution in [-0.4, -0.2) is 44.2 Å². The van der Waals surface area contributed by atoms with E-state index in [0.29, 0.717) is 23.4 Å². The summed E-state index contributed by atoms with van der Waals surface area (Å²) in [7, 11) is 3.36. The van der Waals surface area contributed by atoms with Gasteiger partial charge in [0.15, 0.2) is 6.07 Å². The van der Waals surface area contributed by atoms with E-state index in [1.165, 1.54) is 11.1 Å². The van der Waals surface area contributed by atoms with Gasteiger partial charge in [-0.2, -0.15) is 5.10 Å². The highest BCUT2D eigenvalue weighted by Gasteiger charge is 2.24. The molecule has 0 heterocycles. The molecule has 0 spiro atoms. The number of carbonyl (C=O) groups is 2. The number of hydrazone groups is 1. The summed E-state index contributed by atoms with van der Waals surface area (Å²) in [6.45, 7) is 6.54. The zero-order valence-corrected chi connectivity index (χ0v) is 32.9. The molecule has 286 valence electrons. The van der Waals surface area contributed by atoms with Gasteiger partial charge in [-0.05, 0) is 121 Å². The fourth-order valence-corrected chi connectivity index (χ4v) is 6.01. The summed E-state index contributed by atoms with van der Waals surface area (Å²) in [5.41, 5.74) is 13.5. The monoisotopic (exact) mass is 768 g/mol. The maximum atomic E-state index is 10.4. The van der Waals surface area contributed by atoms with Gasteiger partial charge in [0.25, 0.3) is 0 Å². The average Bonchev–Trinajstić information content (AvgIpc) is 3.55. The van der Waals surface area contributed by atoms with E-state index in [0.717, 1.165) is 63.3 Å². The van der Waals surface area contributed by atoms with Crippen molar-refractivity contribution in [1.82, 2.24) is 5.43 Å². The fraction of sp³-hybridized carbons (Fsp3) is 0.170. The van der Waals surface area contributed by atoms with Crippen LogP contribution in [0.15, 0.2) is 145 Å². The molecular weight excluding hydrogens is 724 g/mol. The van der Waals surface area contributed by atoms with Crippen LogP contribution in [-0.2, 0) is 6.54 Å². The summed E-state index contributed by atoms with van der Waals surface area (Å²) in [6, 6.07) is 45.0. The van der Waals surface area contributed by atoms with Crippen LogP contribution in [0.25, 0.3) is 22.3 Å². The molecule has 6 aromatic carbocycles. The van der Waals surface area contributed by atoms with Crippen LogP contribution in [0.2, 0.25) is 0 Å². The molecule has 0 unspecified atom stereocenters. The Morgan fingerprint density at radius 1 is 0.589 bits per heavy atom. The summed E-state index contributed by atoms with van der Waals surface area (Å²) in [6.07, 6.45) is 1.60. The van der Waals surface area contributed by atoms with E-state index in [1.807, 2.05) is 39.0 Å². The van der Waals surface area contributed by atoms with Gasteiger partial charge >= 0.3 is 0 Å². The third-order valence-corrected chi connectivity index (χ3v) is 8.62. The molecule has 56 heavy (non-hydrogen) atoms. The Kier molecular flexibility index (Phi) is 14.4. The minimum absolute atomic E-state index is 0.125. The molecule has 0 amide bonds. The van der Waals surface area contributed by atoms with Crippen LogP contribution in [0, 0.1) is 0 Å². The molecule has 0 bridgehead atoms. The zero-order valence-electron chi connectivity index (χ0n) is 32.1. The molecule has 0 saturated heterocycles. The normalized spacial score (nSPS) is 10.9. The first kappa shape index (κ1) is 40.8. The van der Waals surface area contributed by atoms with Gasteiger partial charge in [0.1, 0.15) is 41.2 Å². The SMILES string of the molecule is CC(C)(C)Oc1ccc(C=O)cc1.COc1ccc(-c2ccc(OC)cc2CNN=C2c3ccccc3-c3ccccc32)cc1.O=Cc1ccc(OCCl)cc1. The van der Waals surface area contributed by atoms with E-state index in [4.69, 9.17) is 35.6 Å². The lowest BCUT2D eigenvalue weighted by Gasteiger charge is -2.21. The molecule has 0 atom stereocenters. The summed E-state index contributed by atoms with van der Waals surface area (Å²) in [5.74, 6) is 3.12. The van der Waals surface area contributed by atoms with E-state index in [2.05, 4.69) is 78.2 Å². The number of rotatable bonds is 11. The van der Waals surface area contributed by atoms with E-state index >= 15 is 0 Å².